The minimum absolute atomic E-state index is 0.141. The molecule has 0 saturated carbocycles. The van der Waals surface area contributed by atoms with Crippen molar-refractivity contribution in [3.8, 4) is 0 Å². The van der Waals surface area contributed by atoms with E-state index in [0.717, 1.165) is 5.56 Å². The Bertz CT molecular complexity index is 1030. The van der Waals surface area contributed by atoms with Crippen LogP contribution in [-0.4, -0.2) is 17.5 Å². The third-order valence-electron chi connectivity index (χ3n) is 3.79. The first-order valence-electron chi connectivity index (χ1n) is 8.20. The molecule has 1 heterocycles. The van der Waals surface area contributed by atoms with Gasteiger partial charge in [0.15, 0.2) is 10.4 Å². The zero-order valence-corrected chi connectivity index (χ0v) is 16.3. The van der Waals surface area contributed by atoms with Gasteiger partial charge < -0.3 is 9.73 Å². The van der Waals surface area contributed by atoms with E-state index in [2.05, 4.69) is 31.8 Å². The van der Waals surface area contributed by atoms with E-state index in [4.69, 9.17) is 4.42 Å². The van der Waals surface area contributed by atoms with Crippen LogP contribution < -0.4 is 10.7 Å². The van der Waals surface area contributed by atoms with Gasteiger partial charge in [0.1, 0.15) is 5.82 Å². The molecule has 0 aliphatic heterocycles. The van der Waals surface area contributed by atoms with Crippen molar-refractivity contribution in [3.05, 3.63) is 88.0 Å². The first-order valence-corrected chi connectivity index (χ1v) is 8.99. The van der Waals surface area contributed by atoms with E-state index in [0.29, 0.717) is 21.6 Å². The van der Waals surface area contributed by atoms with E-state index >= 15 is 0 Å². The number of nitrogens with zero attached hydrogens (tertiary/aromatic N) is 1. The van der Waals surface area contributed by atoms with Gasteiger partial charge in [0.2, 0.25) is 0 Å². The molecule has 0 aliphatic carbocycles. The molecule has 28 heavy (non-hydrogen) atoms. The molecule has 6 nitrogen and oxygen atoms in total. The summed E-state index contributed by atoms with van der Waals surface area (Å²) in [6.45, 7) is 1.74. The second kappa shape index (κ2) is 8.62. The Morgan fingerprint density at radius 2 is 1.57 bits per heavy atom. The SMILES string of the molecule is C/C(=N/NC(=O)c1ccc(Br)o1)c1ccc(NC(=O)c2ccc(F)cc2)cc1. The molecule has 0 bridgehead atoms. The quantitative estimate of drug-likeness (QED) is 0.446. The second-order valence-corrected chi connectivity index (χ2v) is 6.56. The number of rotatable bonds is 5. The van der Waals surface area contributed by atoms with Crippen LogP contribution in [0.1, 0.15) is 33.4 Å². The average molecular weight is 444 g/mol. The molecule has 0 aliphatic rings. The van der Waals surface area contributed by atoms with Gasteiger partial charge in [-0.1, -0.05) is 12.1 Å². The highest BCUT2D eigenvalue weighted by Gasteiger charge is 2.10. The van der Waals surface area contributed by atoms with Gasteiger partial charge in [-0.05, 0) is 76.9 Å². The highest BCUT2D eigenvalue weighted by Crippen LogP contribution is 2.14. The van der Waals surface area contributed by atoms with Crippen molar-refractivity contribution >= 4 is 39.1 Å². The highest BCUT2D eigenvalue weighted by molar-refractivity contribution is 9.10. The van der Waals surface area contributed by atoms with Crippen LogP contribution in [0, 0.1) is 5.82 Å². The number of carbonyl (C=O) groups is 2. The van der Waals surface area contributed by atoms with Gasteiger partial charge in [0, 0.05) is 11.3 Å². The normalized spacial score (nSPS) is 11.2. The Hall–Kier alpha value is -3.26. The van der Waals surface area contributed by atoms with Crippen molar-refractivity contribution in [2.75, 3.05) is 5.32 Å². The molecule has 2 N–H and O–H groups in total. The average Bonchev–Trinajstić information content (AvgIpc) is 3.13. The Morgan fingerprint density at radius 1 is 0.929 bits per heavy atom. The maximum Gasteiger partial charge on any atom is 0.307 e. The van der Waals surface area contributed by atoms with Crippen molar-refractivity contribution in [2.24, 2.45) is 5.10 Å². The molecule has 0 atom stereocenters. The number of nitrogens with one attached hydrogen (secondary N) is 2. The standard InChI is InChI=1S/C20H15BrFN3O3/c1-12(24-25-20(27)17-10-11-18(21)28-17)13-4-8-16(9-5-13)23-19(26)14-2-6-15(22)7-3-14/h2-11H,1H3,(H,23,26)(H,25,27)/b24-12-. The minimum atomic E-state index is -0.465. The zero-order chi connectivity index (χ0) is 20.1. The number of anilines is 1. The number of hydrazone groups is 1. The molecule has 2 aromatic carbocycles. The van der Waals surface area contributed by atoms with Crippen molar-refractivity contribution in [1.29, 1.82) is 0 Å². The Balaban J connectivity index is 1.62. The number of carbonyl (C=O) groups excluding carboxylic acids is 2. The van der Waals surface area contributed by atoms with E-state index < -0.39 is 11.7 Å². The number of hydrogen-bond donors (Lipinski definition) is 2. The number of hydrogen-bond acceptors (Lipinski definition) is 4. The Morgan fingerprint density at radius 3 is 2.18 bits per heavy atom. The van der Waals surface area contributed by atoms with Crippen molar-refractivity contribution < 1.29 is 18.4 Å². The summed E-state index contributed by atoms with van der Waals surface area (Å²) in [5, 5.41) is 6.78. The molecule has 0 unspecified atom stereocenters. The zero-order valence-electron chi connectivity index (χ0n) is 14.7. The molecule has 0 saturated heterocycles. The summed E-state index contributed by atoms with van der Waals surface area (Å²) < 4.78 is 18.5. The summed E-state index contributed by atoms with van der Waals surface area (Å²) in [5.41, 5.74) is 4.70. The lowest BCUT2D eigenvalue weighted by molar-refractivity contribution is 0.0925. The molecule has 142 valence electrons. The summed E-state index contributed by atoms with van der Waals surface area (Å²) in [7, 11) is 0. The van der Waals surface area contributed by atoms with Gasteiger partial charge in [-0.3, -0.25) is 9.59 Å². The van der Waals surface area contributed by atoms with Crippen LogP contribution >= 0.6 is 15.9 Å². The molecule has 2 amide bonds. The van der Waals surface area contributed by atoms with Crippen molar-refractivity contribution in [3.63, 3.8) is 0 Å². The molecular formula is C20H15BrFN3O3. The van der Waals surface area contributed by atoms with Gasteiger partial charge in [-0.15, -0.1) is 0 Å². The lowest BCUT2D eigenvalue weighted by Gasteiger charge is -2.07. The largest absolute Gasteiger partial charge is 0.444 e. The molecule has 8 heteroatoms. The number of amides is 2. The monoisotopic (exact) mass is 443 g/mol. The van der Waals surface area contributed by atoms with E-state index in [1.165, 1.54) is 30.3 Å². The summed E-state index contributed by atoms with van der Waals surface area (Å²) in [6, 6.07) is 15.4. The molecule has 0 spiro atoms. The molecule has 0 fully saturated rings. The predicted octanol–water partition coefficient (Wildman–Crippen LogP) is 4.59. The Kier molecular flexibility index (Phi) is 6.00. The van der Waals surface area contributed by atoms with Crippen LogP contribution in [-0.2, 0) is 0 Å². The van der Waals surface area contributed by atoms with Gasteiger partial charge >= 0.3 is 5.91 Å². The predicted molar refractivity (Wildman–Crippen MR) is 107 cm³/mol. The Labute approximate surface area is 168 Å². The maximum atomic E-state index is 12.9. The fraction of sp³-hybridized carbons (Fsp3) is 0.0500. The lowest BCUT2D eigenvalue weighted by atomic mass is 10.1. The summed E-state index contributed by atoms with van der Waals surface area (Å²) in [6.07, 6.45) is 0. The van der Waals surface area contributed by atoms with Gasteiger partial charge in [-0.25, -0.2) is 9.82 Å². The third-order valence-corrected chi connectivity index (χ3v) is 4.22. The first-order chi connectivity index (χ1) is 13.4. The van der Waals surface area contributed by atoms with Crippen LogP contribution in [0.5, 0.6) is 0 Å². The molecule has 0 radical (unpaired) electrons. The van der Waals surface area contributed by atoms with Crippen LogP contribution in [0.2, 0.25) is 0 Å². The van der Waals surface area contributed by atoms with E-state index in [9.17, 15) is 14.0 Å². The van der Waals surface area contributed by atoms with Crippen LogP contribution in [0.4, 0.5) is 10.1 Å². The third kappa shape index (κ3) is 4.92. The van der Waals surface area contributed by atoms with Crippen LogP contribution in [0.15, 0.2) is 74.9 Å². The molecule has 3 rings (SSSR count). The van der Waals surface area contributed by atoms with Gasteiger partial charge in [0.05, 0.1) is 5.71 Å². The number of furan rings is 1. The number of halogens is 2. The van der Waals surface area contributed by atoms with Gasteiger partial charge in [0.25, 0.3) is 5.91 Å². The second-order valence-electron chi connectivity index (χ2n) is 5.78. The summed E-state index contributed by atoms with van der Waals surface area (Å²) in [5.74, 6) is -1.06. The topological polar surface area (TPSA) is 83.7 Å². The first kappa shape index (κ1) is 19.5. The van der Waals surface area contributed by atoms with E-state index in [-0.39, 0.29) is 11.7 Å². The van der Waals surface area contributed by atoms with Crippen LogP contribution in [0.25, 0.3) is 0 Å². The minimum Gasteiger partial charge on any atom is -0.444 e. The van der Waals surface area contributed by atoms with Crippen LogP contribution in [0.3, 0.4) is 0 Å². The van der Waals surface area contributed by atoms with E-state index in [1.807, 2.05) is 0 Å². The molecular weight excluding hydrogens is 429 g/mol. The fourth-order valence-electron chi connectivity index (χ4n) is 2.29. The molecule has 1 aromatic heterocycles. The van der Waals surface area contributed by atoms with E-state index in [1.54, 1.807) is 37.3 Å². The molecule has 3 aromatic rings. The lowest BCUT2D eigenvalue weighted by Crippen LogP contribution is -2.18. The number of benzene rings is 2. The van der Waals surface area contributed by atoms with Crippen molar-refractivity contribution in [1.82, 2.24) is 5.43 Å². The summed E-state index contributed by atoms with van der Waals surface area (Å²) >= 11 is 3.13. The summed E-state index contributed by atoms with van der Waals surface area (Å²) in [4.78, 5) is 24.1. The fourth-order valence-corrected chi connectivity index (χ4v) is 2.60. The smallest absolute Gasteiger partial charge is 0.307 e. The van der Waals surface area contributed by atoms with Crippen molar-refractivity contribution in [2.45, 2.75) is 6.92 Å². The maximum absolute atomic E-state index is 12.9. The van der Waals surface area contributed by atoms with Gasteiger partial charge in [-0.2, -0.15) is 5.10 Å². The highest BCUT2D eigenvalue weighted by atomic mass is 79.9.